The Kier molecular flexibility index (Phi) is 3.39. The Hall–Kier alpha value is -1.60. The number of benzene rings is 2. The summed E-state index contributed by atoms with van der Waals surface area (Å²) in [6.45, 7) is 3.88. The van der Waals surface area contributed by atoms with Crippen molar-refractivity contribution in [3.05, 3.63) is 71.3 Å². The number of hydrogen-bond acceptors (Lipinski definition) is 1. The van der Waals surface area contributed by atoms with E-state index in [1.54, 1.807) is 0 Å². The molecule has 0 amide bonds. The summed E-state index contributed by atoms with van der Waals surface area (Å²) in [6.07, 6.45) is 2.27. The zero-order valence-corrected chi connectivity index (χ0v) is 11.4. The van der Waals surface area contributed by atoms with Crippen molar-refractivity contribution in [2.75, 3.05) is 6.61 Å². The van der Waals surface area contributed by atoms with Crippen LogP contribution in [-0.2, 0) is 24.2 Å². The molecule has 0 unspecified atom stereocenters. The first-order valence-electron chi connectivity index (χ1n) is 6.94. The summed E-state index contributed by atoms with van der Waals surface area (Å²) < 4.78 is 5.94. The van der Waals surface area contributed by atoms with Crippen molar-refractivity contribution in [2.45, 2.75) is 26.4 Å². The van der Waals surface area contributed by atoms with Gasteiger partial charge in [-0.05, 0) is 34.9 Å². The van der Waals surface area contributed by atoms with Gasteiger partial charge in [0.15, 0.2) is 0 Å². The normalized spacial score (nSPS) is 16.3. The highest BCUT2D eigenvalue weighted by Crippen LogP contribution is 2.36. The maximum atomic E-state index is 5.94. The Morgan fingerprint density at radius 2 is 1.47 bits per heavy atom. The summed E-state index contributed by atoms with van der Waals surface area (Å²) in [4.78, 5) is 0. The summed E-state index contributed by atoms with van der Waals surface area (Å²) in [5, 5.41) is 0. The Balaban J connectivity index is 1.57. The van der Waals surface area contributed by atoms with Crippen LogP contribution in [0.25, 0.3) is 0 Å². The fourth-order valence-electron chi connectivity index (χ4n) is 2.98. The highest BCUT2D eigenvalue weighted by molar-refractivity contribution is 5.34. The average Bonchev–Trinajstić information content (AvgIpc) is 2.76. The lowest BCUT2D eigenvalue weighted by Gasteiger charge is -2.23. The molecule has 0 saturated heterocycles. The Labute approximate surface area is 115 Å². The van der Waals surface area contributed by atoms with Gasteiger partial charge >= 0.3 is 0 Å². The highest BCUT2D eigenvalue weighted by atomic mass is 16.5. The summed E-state index contributed by atoms with van der Waals surface area (Å²) in [6, 6.07) is 19.2. The first-order valence-corrected chi connectivity index (χ1v) is 6.94. The molecule has 0 radical (unpaired) electrons. The first-order chi connectivity index (χ1) is 9.25. The molecule has 2 aromatic rings. The van der Waals surface area contributed by atoms with Gasteiger partial charge < -0.3 is 4.74 Å². The molecule has 0 N–H and O–H groups in total. The smallest absolute Gasteiger partial charge is 0.0717 e. The van der Waals surface area contributed by atoms with Crippen molar-refractivity contribution in [1.82, 2.24) is 0 Å². The molecule has 19 heavy (non-hydrogen) atoms. The van der Waals surface area contributed by atoms with E-state index in [1.807, 2.05) is 6.07 Å². The van der Waals surface area contributed by atoms with Crippen molar-refractivity contribution in [3.63, 3.8) is 0 Å². The van der Waals surface area contributed by atoms with Crippen LogP contribution in [0.5, 0.6) is 0 Å². The highest BCUT2D eigenvalue weighted by Gasteiger charge is 2.32. The maximum Gasteiger partial charge on any atom is 0.0717 e. The van der Waals surface area contributed by atoms with Gasteiger partial charge in [0.25, 0.3) is 0 Å². The Morgan fingerprint density at radius 3 is 2.11 bits per heavy atom. The molecule has 98 valence electrons. The zero-order chi connectivity index (χ0) is 13.1. The SMILES string of the molecule is CC1(COCc2ccccc2)Cc2ccccc2C1. The van der Waals surface area contributed by atoms with Crippen molar-refractivity contribution in [2.24, 2.45) is 5.41 Å². The van der Waals surface area contributed by atoms with Crippen LogP contribution in [-0.4, -0.2) is 6.61 Å². The van der Waals surface area contributed by atoms with Crippen LogP contribution in [0.1, 0.15) is 23.6 Å². The average molecular weight is 252 g/mol. The summed E-state index contributed by atoms with van der Waals surface area (Å²) in [5.41, 5.74) is 4.50. The van der Waals surface area contributed by atoms with Crippen LogP contribution in [0.3, 0.4) is 0 Å². The number of fused-ring (bicyclic) bond motifs is 1. The predicted molar refractivity (Wildman–Crippen MR) is 78.1 cm³/mol. The van der Waals surface area contributed by atoms with Crippen molar-refractivity contribution < 1.29 is 4.74 Å². The van der Waals surface area contributed by atoms with Crippen LogP contribution in [0.4, 0.5) is 0 Å². The minimum absolute atomic E-state index is 0.262. The van der Waals surface area contributed by atoms with E-state index in [1.165, 1.54) is 16.7 Å². The van der Waals surface area contributed by atoms with Gasteiger partial charge in [-0.3, -0.25) is 0 Å². The minimum atomic E-state index is 0.262. The molecule has 0 fully saturated rings. The number of hydrogen-bond donors (Lipinski definition) is 0. The molecule has 0 aromatic heterocycles. The molecule has 1 nitrogen and oxygen atoms in total. The van der Waals surface area contributed by atoms with E-state index >= 15 is 0 Å². The van der Waals surface area contributed by atoms with Gasteiger partial charge in [0.1, 0.15) is 0 Å². The molecule has 1 aliphatic carbocycles. The van der Waals surface area contributed by atoms with Crippen molar-refractivity contribution in [1.29, 1.82) is 0 Å². The van der Waals surface area contributed by atoms with Gasteiger partial charge in [-0.25, -0.2) is 0 Å². The second kappa shape index (κ2) is 5.18. The van der Waals surface area contributed by atoms with Gasteiger partial charge in [-0.2, -0.15) is 0 Å². The maximum absolute atomic E-state index is 5.94. The molecule has 0 atom stereocenters. The van der Waals surface area contributed by atoms with Gasteiger partial charge in [0.05, 0.1) is 13.2 Å². The molecular weight excluding hydrogens is 232 g/mol. The fraction of sp³-hybridized carbons (Fsp3) is 0.333. The third-order valence-corrected chi connectivity index (χ3v) is 3.91. The van der Waals surface area contributed by atoms with Crippen LogP contribution in [0.15, 0.2) is 54.6 Å². The van der Waals surface area contributed by atoms with Crippen LogP contribution >= 0.6 is 0 Å². The quantitative estimate of drug-likeness (QED) is 0.799. The largest absolute Gasteiger partial charge is 0.376 e. The zero-order valence-electron chi connectivity index (χ0n) is 11.4. The predicted octanol–water partition coefficient (Wildman–Crippen LogP) is 4.01. The summed E-state index contributed by atoms with van der Waals surface area (Å²) in [7, 11) is 0. The van der Waals surface area contributed by atoms with Crippen LogP contribution in [0.2, 0.25) is 0 Å². The third-order valence-electron chi connectivity index (χ3n) is 3.91. The molecular formula is C18H20O. The van der Waals surface area contributed by atoms with E-state index in [4.69, 9.17) is 4.74 Å². The molecule has 0 saturated carbocycles. The summed E-state index contributed by atoms with van der Waals surface area (Å²) in [5.74, 6) is 0. The Morgan fingerprint density at radius 1 is 0.895 bits per heavy atom. The molecule has 0 spiro atoms. The van der Waals surface area contributed by atoms with Crippen molar-refractivity contribution in [3.8, 4) is 0 Å². The van der Waals surface area contributed by atoms with Crippen molar-refractivity contribution >= 4 is 0 Å². The molecule has 3 rings (SSSR count). The van der Waals surface area contributed by atoms with Crippen LogP contribution < -0.4 is 0 Å². The molecule has 0 bridgehead atoms. The van der Waals surface area contributed by atoms with Crippen LogP contribution in [0, 0.1) is 5.41 Å². The molecule has 1 aliphatic rings. The van der Waals surface area contributed by atoms with E-state index in [2.05, 4.69) is 55.5 Å². The minimum Gasteiger partial charge on any atom is -0.376 e. The van der Waals surface area contributed by atoms with Gasteiger partial charge in [0.2, 0.25) is 0 Å². The molecule has 2 aromatic carbocycles. The first kappa shape index (κ1) is 12.4. The standard InChI is InChI=1S/C18H20O/c1-18(11-16-9-5-6-10-17(16)12-18)14-19-13-15-7-3-2-4-8-15/h2-10H,11-14H2,1H3. The topological polar surface area (TPSA) is 9.23 Å². The number of rotatable bonds is 4. The lowest BCUT2D eigenvalue weighted by atomic mass is 9.88. The molecule has 1 heteroatoms. The molecule has 0 aliphatic heterocycles. The van der Waals surface area contributed by atoms with Gasteiger partial charge in [0, 0.05) is 0 Å². The van der Waals surface area contributed by atoms with E-state index in [9.17, 15) is 0 Å². The van der Waals surface area contributed by atoms with E-state index in [0.717, 1.165) is 19.4 Å². The second-order valence-electron chi connectivity index (χ2n) is 5.91. The van der Waals surface area contributed by atoms with Gasteiger partial charge in [-0.15, -0.1) is 0 Å². The summed E-state index contributed by atoms with van der Waals surface area (Å²) >= 11 is 0. The van der Waals surface area contributed by atoms with E-state index in [0.29, 0.717) is 6.61 Å². The fourth-order valence-corrected chi connectivity index (χ4v) is 2.98. The Bertz CT molecular complexity index is 520. The second-order valence-corrected chi connectivity index (χ2v) is 5.91. The number of ether oxygens (including phenoxy) is 1. The lowest BCUT2D eigenvalue weighted by Crippen LogP contribution is -2.23. The monoisotopic (exact) mass is 252 g/mol. The van der Waals surface area contributed by atoms with E-state index in [-0.39, 0.29) is 5.41 Å². The van der Waals surface area contributed by atoms with E-state index < -0.39 is 0 Å². The third kappa shape index (κ3) is 2.87. The molecule has 0 heterocycles. The van der Waals surface area contributed by atoms with Gasteiger partial charge in [-0.1, -0.05) is 61.5 Å². The lowest BCUT2D eigenvalue weighted by molar-refractivity contribution is 0.0473.